The first-order valence-corrected chi connectivity index (χ1v) is 6.23. The van der Waals surface area contributed by atoms with Crippen LogP contribution in [0.5, 0.6) is 5.75 Å². The number of halogens is 2. The first-order chi connectivity index (χ1) is 7.43. The average molecular weight is 452 g/mol. The molecule has 0 aliphatic rings. The second-order valence-corrected chi connectivity index (χ2v) is 4.85. The number of aliphatic hydroxyl groups is 1. The van der Waals surface area contributed by atoms with E-state index in [1.165, 1.54) is 12.1 Å². The molecule has 0 radical (unpaired) electrons. The predicted octanol–water partition coefficient (Wildman–Crippen LogP) is 1.45. The molecule has 0 aliphatic heterocycles. The first kappa shape index (κ1) is 15.8. The molecule has 90 valence electrons. The highest BCUT2D eigenvalue weighted by Crippen LogP contribution is 2.30. The molecule has 0 unspecified atom stereocenters. The van der Waals surface area contributed by atoms with Crippen LogP contribution in [0, 0.1) is 17.3 Å². The van der Waals surface area contributed by atoms with E-state index in [2.05, 4.69) is 0 Å². The van der Waals surface area contributed by atoms with Crippen molar-refractivity contribution in [1.82, 2.24) is 0 Å². The number of benzene rings is 1. The maximum absolute atomic E-state index is 10.3. The number of nitrogens with two attached hydrogens (primary N) is 1. The van der Waals surface area contributed by atoms with Crippen molar-refractivity contribution in [3.63, 3.8) is 0 Å². The Morgan fingerprint density at radius 3 is 2.00 bits per heavy atom. The van der Waals surface area contributed by atoms with Crippen LogP contribution >= 0.6 is 45.2 Å². The minimum atomic E-state index is -0.482. The molecule has 1 aromatic carbocycles. The van der Waals surface area contributed by atoms with Gasteiger partial charge in [-0.3, -0.25) is 10.1 Å². The number of phenolic OH excluding ortho intramolecular Hbond substituents is 1. The summed E-state index contributed by atoms with van der Waals surface area (Å²) in [5, 5.41) is 27.4. The molecule has 6 nitrogen and oxygen atoms in total. The second kappa shape index (κ2) is 7.97. The largest absolute Gasteiger partial charge is 0.506 e. The summed E-state index contributed by atoms with van der Waals surface area (Å²) in [5.74, 6) is 0.0989. The monoisotopic (exact) mass is 452 g/mol. The molecule has 0 saturated carbocycles. The van der Waals surface area contributed by atoms with Crippen LogP contribution in [0.2, 0.25) is 0 Å². The van der Waals surface area contributed by atoms with Gasteiger partial charge in [-0.25, -0.2) is 0 Å². The highest BCUT2D eigenvalue weighted by molar-refractivity contribution is 14.1. The lowest BCUT2D eigenvalue weighted by Gasteiger charge is -1.99. The number of nitro benzene ring substituents is 1. The maximum Gasteiger partial charge on any atom is 0.271 e. The maximum atomic E-state index is 10.3. The Kier molecular flexibility index (Phi) is 7.87. The number of aliphatic hydroxyl groups excluding tert-OH is 1. The normalized spacial score (nSPS) is 9.25. The molecule has 0 spiro atoms. The molecule has 0 bridgehead atoms. The van der Waals surface area contributed by atoms with E-state index in [9.17, 15) is 15.2 Å². The van der Waals surface area contributed by atoms with Gasteiger partial charge in [0.15, 0.2) is 0 Å². The van der Waals surface area contributed by atoms with Crippen LogP contribution in [0.3, 0.4) is 0 Å². The van der Waals surface area contributed by atoms with Crippen molar-refractivity contribution in [2.75, 3.05) is 13.2 Å². The molecule has 16 heavy (non-hydrogen) atoms. The van der Waals surface area contributed by atoms with Gasteiger partial charge < -0.3 is 15.9 Å². The molecule has 1 rings (SSSR count). The molecule has 4 N–H and O–H groups in total. The Morgan fingerprint density at radius 1 is 1.38 bits per heavy atom. The first-order valence-electron chi connectivity index (χ1n) is 4.07. The summed E-state index contributed by atoms with van der Waals surface area (Å²) in [5.41, 5.74) is 4.78. The number of hydrogen-bond donors (Lipinski definition) is 3. The van der Waals surface area contributed by atoms with Crippen LogP contribution in [0.1, 0.15) is 0 Å². The van der Waals surface area contributed by atoms with Crippen LogP contribution in [-0.2, 0) is 0 Å². The van der Waals surface area contributed by atoms with Crippen molar-refractivity contribution in [2.45, 2.75) is 0 Å². The molecule has 0 fully saturated rings. The van der Waals surface area contributed by atoms with Gasteiger partial charge in [0.25, 0.3) is 5.69 Å². The fraction of sp³-hybridized carbons (Fsp3) is 0.250. The van der Waals surface area contributed by atoms with E-state index in [1.54, 1.807) is 0 Å². The smallest absolute Gasteiger partial charge is 0.271 e. The molecule has 0 aromatic heterocycles. The number of nitrogens with zero attached hydrogens (tertiary/aromatic N) is 1. The minimum Gasteiger partial charge on any atom is -0.506 e. The van der Waals surface area contributed by atoms with Crippen LogP contribution in [0.15, 0.2) is 12.1 Å². The summed E-state index contributed by atoms with van der Waals surface area (Å²) in [6.07, 6.45) is 0. The zero-order valence-electron chi connectivity index (χ0n) is 8.06. The summed E-state index contributed by atoms with van der Waals surface area (Å²) in [6.45, 7) is 0.472. The summed E-state index contributed by atoms with van der Waals surface area (Å²) in [7, 11) is 0. The lowest BCUT2D eigenvalue weighted by Crippen LogP contribution is -2.02. The Labute approximate surface area is 119 Å². The SMILES string of the molecule is NCCO.O=[N+]([O-])c1cc(I)c(O)c(I)c1. The topological polar surface area (TPSA) is 110 Å². The lowest BCUT2D eigenvalue weighted by molar-refractivity contribution is -0.385. The fourth-order valence-corrected chi connectivity index (χ4v) is 2.39. The number of hydrogen-bond acceptors (Lipinski definition) is 5. The van der Waals surface area contributed by atoms with Crippen LogP contribution in [0.25, 0.3) is 0 Å². The third-order valence-electron chi connectivity index (χ3n) is 1.34. The van der Waals surface area contributed by atoms with Gasteiger partial charge in [0.05, 0.1) is 18.7 Å². The molecular weight excluding hydrogens is 442 g/mol. The lowest BCUT2D eigenvalue weighted by atomic mass is 10.3. The summed E-state index contributed by atoms with van der Waals surface area (Å²) >= 11 is 3.70. The standard InChI is InChI=1S/C6H3I2NO3.C2H7NO/c7-4-1-3(9(11)12)2-5(8)6(4)10;3-1-2-4/h1-2,10H;4H,1-3H2. The molecule has 8 heteroatoms. The van der Waals surface area contributed by atoms with E-state index in [0.29, 0.717) is 13.7 Å². The summed E-state index contributed by atoms with van der Waals surface area (Å²) < 4.78 is 0.984. The molecular formula is C8H10I2N2O4. The van der Waals surface area contributed by atoms with Crippen molar-refractivity contribution in [3.8, 4) is 5.75 Å². The number of phenols is 1. The van der Waals surface area contributed by atoms with Crippen LogP contribution < -0.4 is 5.73 Å². The molecule has 0 aliphatic carbocycles. The highest BCUT2D eigenvalue weighted by Gasteiger charge is 2.12. The van der Waals surface area contributed by atoms with Crippen molar-refractivity contribution < 1.29 is 15.1 Å². The van der Waals surface area contributed by atoms with Gasteiger partial charge >= 0.3 is 0 Å². The van der Waals surface area contributed by atoms with Crippen LogP contribution in [-0.4, -0.2) is 28.3 Å². The molecule has 0 amide bonds. The van der Waals surface area contributed by atoms with Gasteiger partial charge in [0.2, 0.25) is 0 Å². The van der Waals surface area contributed by atoms with Gasteiger partial charge in [-0.15, -0.1) is 0 Å². The fourth-order valence-electron chi connectivity index (χ4n) is 0.658. The highest BCUT2D eigenvalue weighted by atomic mass is 127. The summed E-state index contributed by atoms with van der Waals surface area (Å²) in [6, 6.07) is 2.66. The number of aromatic hydroxyl groups is 1. The van der Waals surface area contributed by atoms with E-state index < -0.39 is 4.92 Å². The predicted molar refractivity (Wildman–Crippen MR) is 76.3 cm³/mol. The second-order valence-electron chi connectivity index (χ2n) is 2.53. The van der Waals surface area contributed by atoms with Crippen molar-refractivity contribution in [2.24, 2.45) is 5.73 Å². The minimum absolute atomic E-state index is 0.00148. The summed E-state index contributed by atoms with van der Waals surface area (Å²) in [4.78, 5) is 9.85. The zero-order chi connectivity index (χ0) is 12.7. The van der Waals surface area contributed by atoms with Crippen molar-refractivity contribution >= 4 is 50.9 Å². The van der Waals surface area contributed by atoms with Gasteiger partial charge in [0, 0.05) is 18.7 Å². The van der Waals surface area contributed by atoms with Crippen molar-refractivity contribution in [1.29, 1.82) is 0 Å². The Bertz CT molecular complexity index is 348. The molecule has 0 heterocycles. The van der Waals surface area contributed by atoms with Gasteiger partial charge in [-0.05, 0) is 45.2 Å². The van der Waals surface area contributed by atoms with E-state index in [1.807, 2.05) is 45.2 Å². The quantitative estimate of drug-likeness (QED) is 0.358. The Morgan fingerprint density at radius 2 is 1.75 bits per heavy atom. The van der Waals surface area contributed by atoms with Gasteiger partial charge in [0.1, 0.15) is 5.75 Å². The zero-order valence-corrected chi connectivity index (χ0v) is 12.4. The van der Waals surface area contributed by atoms with Gasteiger partial charge in [-0.1, -0.05) is 0 Å². The number of non-ortho nitro benzene ring substituents is 1. The van der Waals surface area contributed by atoms with Crippen LogP contribution in [0.4, 0.5) is 5.69 Å². The Hall–Kier alpha value is -0.200. The molecule has 1 aromatic rings. The number of nitro groups is 1. The Balaban J connectivity index is 0.000000487. The van der Waals surface area contributed by atoms with E-state index >= 15 is 0 Å². The molecule has 0 atom stereocenters. The van der Waals surface area contributed by atoms with E-state index in [4.69, 9.17) is 10.8 Å². The average Bonchev–Trinajstić information content (AvgIpc) is 2.25. The van der Waals surface area contributed by atoms with Crippen molar-refractivity contribution in [3.05, 3.63) is 29.4 Å². The van der Waals surface area contributed by atoms with E-state index in [-0.39, 0.29) is 18.0 Å². The third-order valence-corrected chi connectivity index (χ3v) is 2.99. The van der Waals surface area contributed by atoms with E-state index in [0.717, 1.165) is 0 Å². The number of rotatable bonds is 2. The molecule has 0 saturated heterocycles. The van der Waals surface area contributed by atoms with Gasteiger partial charge in [-0.2, -0.15) is 0 Å². The third kappa shape index (κ3) is 5.23.